The quantitative estimate of drug-likeness (QED) is 0.633. The highest BCUT2D eigenvalue weighted by atomic mass is 16.2. The molecule has 1 heterocycles. The van der Waals surface area contributed by atoms with Crippen molar-refractivity contribution < 1.29 is 9.59 Å². The predicted molar refractivity (Wildman–Crippen MR) is 106 cm³/mol. The van der Waals surface area contributed by atoms with Crippen molar-refractivity contribution in [3.8, 4) is 0 Å². The summed E-state index contributed by atoms with van der Waals surface area (Å²) in [7, 11) is 0. The molecule has 1 saturated heterocycles. The van der Waals surface area contributed by atoms with Crippen molar-refractivity contribution in [1.29, 1.82) is 0 Å². The second-order valence-corrected chi connectivity index (χ2v) is 8.30. The molecule has 1 atom stereocenters. The molecule has 0 spiro atoms. The van der Waals surface area contributed by atoms with Crippen molar-refractivity contribution in [2.45, 2.75) is 103 Å². The summed E-state index contributed by atoms with van der Waals surface area (Å²) >= 11 is 0. The molecule has 1 saturated carbocycles. The average molecular weight is 366 g/mol. The molecule has 2 N–H and O–H groups in total. The Labute approximate surface area is 159 Å². The summed E-state index contributed by atoms with van der Waals surface area (Å²) in [5.41, 5.74) is 0. The summed E-state index contributed by atoms with van der Waals surface area (Å²) in [5, 5.41) is 6.36. The molecule has 1 aliphatic heterocycles. The van der Waals surface area contributed by atoms with E-state index in [1.54, 1.807) is 0 Å². The van der Waals surface area contributed by atoms with Crippen LogP contribution in [-0.4, -0.2) is 42.0 Å². The van der Waals surface area contributed by atoms with Crippen molar-refractivity contribution in [3.05, 3.63) is 0 Å². The van der Waals surface area contributed by atoms with Crippen molar-refractivity contribution in [1.82, 2.24) is 15.5 Å². The Kier molecular flexibility index (Phi) is 9.27. The molecule has 0 aromatic heterocycles. The molecule has 0 aromatic rings. The molecule has 150 valence electrons. The van der Waals surface area contributed by atoms with Crippen molar-refractivity contribution in [2.75, 3.05) is 13.1 Å². The van der Waals surface area contributed by atoms with Gasteiger partial charge in [0.05, 0.1) is 0 Å². The molecular weight excluding hydrogens is 326 g/mol. The Morgan fingerprint density at radius 2 is 1.69 bits per heavy atom. The van der Waals surface area contributed by atoms with Crippen LogP contribution in [0.15, 0.2) is 0 Å². The Morgan fingerprint density at radius 3 is 2.35 bits per heavy atom. The van der Waals surface area contributed by atoms with E-state index < -0.39 is 0 Å². The van der Waals surface area contributed by atoms with Crippen LogP contribution in [0.5, 0.6) is 0 Å². The molecule has 0 radical (unpaired) electrons. The molecule has 1 unspecified atom stereocenters. The van der Waals surface area contributed by atoms with Crippen LogP contribution in [-0.2, 0) is 4.79 Å². The average Bonchev–Trinajstić information content (AvgIpc) is 2.66. The lowest BCUT2D eigenvalue weighted by Crippen LogP contribution is -2.51. The van der Waals surface area contributed by atoms with Crippen molar-refractivity contribution >= 4 is 11.9 Å². The van der Waals surface area contributed by atoms with Gasteiger partial charge in [-0.15, -0.1) is 0 Å². The van der Waals surface area contributed by atoms with E-state index in [0.29, 0.717) is 0 Å². The van der Waals surface area contributed by atoms with E-state index in [0.717, 1.165) is 45.2 Å². The van der Waals surface area contributed by atoms with Crippen LogP contribution in [0.1, 0.15) is 90.9 Å². The number of amides is 3. The maximum absolute atomic E-state index is 12.4. The van der Waals surface area contributed by atoms with Crippen LogP contribution in [0.4, 0.5) is 4.79 Å². The lowest BCUT2D eigenvalue weighted by atomic mass is 9.88. The first-order valence-corrected chi connectivity index (χ1v) is 11.0. The highest BCUT2D eigenvalue weighted by Crippen LogP contribution is 2.24. The number of hydrogen-bond donors (Lipinski definition) is 2. The van der Waals surface area contributed by atoms with Gasteiger partial charge in [0.15, 0.2) is 0 Å². The molecule has 2 fully saturated rings. The molecule has 0 aromatic carbocycles. The number of rotatable bonds is 8. The fourth-order valence-corrected chi connectivity index (χ4v) is 4.16. The molecule has 26 heavy (non-hydrogen) atoms. The number of nitrogens with zero attached hydrogens (tertiary/aromatic N) is 1. The second-order valence-electron chi connectivity index (χ2n) is 8.30. The lowest BCUT2D eigenvalue weighted by Gasteiger charge is -2.34. The predicted octanol–water partition coefficient (Wildman–Crippen LogP) is 4.22. The summed E-state index contributed by atoms with van der Waals surface area (Å²) in [4.78, 5) is 26.7. The Hall–Kier alpha value is -1.26. The Morgan fingerprint density at radius 1 is 1.00 bits per heavy atom. The van der Waals surface area contributed by atoms with Gasteiger partial charge in [-0.05, 0) is 39.0 Å². The SMILES string of the molecule is CCCCCCC(C)NC(=O)N1CCC(NC(=O)C2CCCCC2)CC1. The fourth-order valence-electron chi connectivity index (χ4n) is 4.16. The number of unbranched alkanes of at least 4 members (excludes halogenated alkanes) is 3. The molecule has 1 aliphatic carbocycles. The molecule has 2 rings (SSSR count). The van der Waals surface area contributed by atoms with Gasteiger partial charge in [-0.1, -0.05) is 51.9 Å². The van der Waals surface area contributed by atoms with Gasteiger partial charge >= 0.3 is 6.03 Å². The minimum atomic E-state index is 0.0602. The number of carbonyl (C=O) groups excluding carboxylic acids is 2. The largest absolute Gasteiger partial charge is 0.353 e. The first-order chi connectivity index (χ1) is 12.6. The van der Waals surface area contributed by atoms with E-state index in [-0.39, 0.29) is 29.9 Å². The summed E-state index contributed by atoms with van der Waals surface area (Å²) in [6.45, 7) is 5.79. The third kappa shape index (κ3) is 7.16. The van der Waals surface area contributed by atoms with Crippen LogP contribution in [0.2, 0.25) is 0 Å². The highest BCUT2D eigenvalue weighted by Gasteiger charge is 2.27. The Balaban J connectivity index is 1.62. The van der Waals surface area contributed by atoms with Crippen LogP contribution in [0.3, 0.4) is 0 Å². The molecule has 2 aliphatic rings. The zero-order valence-electron chi connectivity index (χ0n) is 16.9. The van der Waals surface area contributed by atoms with E-state index in [9.17, 15) is 9.59 Å². The number of urea groups is 1. The number of carbonyl (C=O) groups is 2. The summed E-state index contributed by atoms with van der Waals surface area (Å²) in [6, 6.07) is 0.535. The third-order valence-corrected chi connectivity index (χ3v) is 5.97. The van der Waals surface area contributed by atoms with Crippen molar-refractivity contribution in [2.24, 2.45) is 5.92 Å². The minimum absolute atomic E-state index is 0.0602. The zero-order valence-corrected chi connectivity index (χ0v) is 16.9. The monoisotopic (exact) mass is 365 g/mol. The number of hydrogen-bond acceptors (Lipinski definition) is 2. The van der Waals surface area contributed by atoms with E-state index in [1.165, 1.54) is 44.9 Å². The fraction of sp³-hybridized carbons (Fsp3) is 0.905. The molecule has 5 heteroatoms. The number of nitrogens with one attached hydrogen (secondary N) is 2. The minimum Gasteiger partial charge on any atom is -0.353 e. The van der Waals surface area contributed by atoms with Crippen molar-refractivity contribution in [3.63, 3.8) is 0 Å². The summed E-state index contributed by atoms with van der Waals surface area (Å²) in [5.74, 6) is 0.465. The van der Waals surface area contributed by atoms with Gasteiger partial charge < -0.3 is 15.5 Å². The molecule has 5 nitrogen and oxygen atoms in total. The van der Waals surface area contributed by atoms with E-state index in [2.05, 4.69) is 24.5 Å². The third-order valence-electron chi connectivity index (χ3n) is 5.97. The first kappa shape index (κ1) is 21.0. The molecule has 3 amide bonds. The molecular formula is C21H39N3O2. The topological polar surface area (TPSA) is 61.4 Å². The van der Waals surface area contributed by atoms with Crippen LogP contribution >= 0.6 is 0 Å². The normalized spacial score (nSPS) is 20.6. The van der Waals surface area contributed by atoms with Gasteiger partial charge in [0.2, 0.25) is 5.91 Å². The smallest absolute Gasteiger partial charge is 0.317 e. The van der Waals surface area contributed by atoms with E-state index in [1.807, 2.05) is 4.90 Å². The number of piperidine rings is 1. The van der Waals surface area contributed by atoms with Gasteiger partial charge in [0.1, 0.15) is 0 Å². The van der Waals surface area contributed by atoms with Gasteiger partial charge in [0, 0.05) is 31.1 Å². The van der Waals surface area contributed by atoms with E-state index in [4.69, 9.17) is 0 Å². The van der Waals surface area contributed by atoms with Crippen LogP contribution in [0, 0.1) is 5.92 Å². The van der Waals surface area contributed by atoms with Gasteiger partial charge in [-0.2, -0.15) is 0 Å². The Bertz CT molecular complexity index is 427. The van der Waals surface area contributed by atoms with Crippen LogP contribution < -0.4 is 10.6 Å². The lowest BCUT2D eigenvalue weighted by molar-refractivity contribution is -0.126. The standard InChI is InChI=1S/C21H39N3O2/c1-3-4-5-7-10-17(2)22-21(26)24-15-13-19(14-16-24)23-20(25)18-11-8-6-9-12-18/h17-19H,3-16H2,1-2H3,(H,22,26)(H,23,25). The maximum Gasteiger partial charge on any atom is 0.317 e. The van der Waals surface area contributed by atoms with Gasteiger partial charge in [-0.3, -0.25) is 4.79 Å². The van der Waals surface area contributed by atoms with Gasteiger partial charge in [-0.25, -0.2) is 4.79 Å². The van der Waals surface area contributed by atoms with Gasteiger partial charge in [0.25, 0.3) is 0 Å². The van der Waals surface area contributed by atoms with E-state index >= 15 is 0 Å². The highest BCUT2D eigenvalue weighted by molar-refractivity contribution is 5.79. The molecule has 0 bridgehead atoms. The maximum atomic E-state index is 12.4. The number of likely N-dealkylation sites (tertiary alicyclic amines) is 1. The summed E-state index contributed by atoms with van der Waals surface area (Å²) in [6.07, 6.45) is 13.5. The van der Waals surface area contributed by atoms with Crippen LogP contribution in [0.25, 0.3) is 0 Å². The first-order valence-electron chi connectivity index (χ1n) is 11.0. The second kappa shape index (κ2) is 11.5. The summed E-state index contributed by atoms with van der Waals surface area (Å²) < 4.78 is 0. The zero-order chi connectivity index (χ0) is 18.8.